The van der Waals surface area contributed by atoms with Crippen molar-refractivity contribution in [2.75, 3.05) is 43.5 Å². The van der Waals surface area contributed by atoms with Gasteiger partial charge >= 0.3 is 0 Å². The molecular weight excluding hydrogens is 449 g/mol. The molecule has 8 heteroatoms. The highest BCUT2D eigenvalue weighted by molar-refractivity contribution is 6.14. The number of anilines is 2. The number of nitrogens with zero attached hydrogens (tertiary/aromatic N) is 2. The second-order valence-electron chi connectivity index (χ2n) is 8.24. The smallest absolute Gasteiger partial charge is 0.291 e. The topological polar surface area (TPSA) is 75.0 Å². The molecule has 0 unspecified atom stereocenters. The van der Waals surface area contributed by atoms with Gasteiger partial charge in [0.15, 0.2) is 0 Å². The Labute approximate surface area is 201 Å². The van der Waals surface area contributed by atoms with Crippen molar-refractivity contribution < 1.29 is 23.1 Å². The third-order valence-corrected chi connectivity index (χ3v) is 6.12. The Morgan fingerprint density at radius 2 is 1.69 bits per heavy atom. The Hall–Kier alpha value is -4.33. The maximum absolute atomic E-state index is 13.5. The van der Waals surface area contributed by atoms with Crippen LogP contribution in [0.2, 0.25) is 0 Å². The molecule has 0 bridgehead atoms. The fraction of sp³-hybridized carbons (Fsp3) is 0.185. The lowest BCUT2D eigenvalue weighted by molar-refractivity contribution is 0.0718. The molecule has 35 heavy (non-hydrogen) atoms. The predicted octanol–water partition coefficient (Wildman–Crippen LogP) is 4.80. The number of benzene rings is 3. The highest BCUT2D eigenvalue weighted by Gasteiger charge is 2.29. The molecule has 2 heterocycles. The molecule has 0 saturated carbocycles. The van der Waals surface area contributed by atoms with Gasteiger partial charge in [-0.2, -0.15) is 0 Å². The van der Waals surface area contributed by atoms with Crippen LogP contribution in [0.1, 0.15) is 20.9 Å². The minimum atomic E-state index is -0.451. The monoisotopic (exact) mass is 473 g/mol. The molecule has 3 aromatic carbocycles. The number of nitrogens with one attached hydrogen (secondary N) is 1. The number of ether oxygens (including phenoxy) is 1. The first-order valence-corrected chi connectivity index (χ1v) is 11.3. The summed E-state index contributed by atoms with van der Waals surface area (Å²) in [7, 11) is 1.63. The lowest BCUT2D eigenvalue weighted by Crippen LogP contribution is -2.48. The lowest BCUT2D eigenvalue weighted by Gasteiger charge is -2.36. The molecule has 1 aromatic heterocycles. The number of hydrogen-bond donors (Lipinski definition) is 1. The highest BCUT2D eigenvalue weighted by Crippen LogP contribution is 2.33. The SMILES string of the molecule is COc1cccc(N2CCN(C(=O)c3oc4ccccc4c3NC(=O)c3ccc(F)cc3)CC2)c1. The zero-order valence-corrected chi connectivity index (χ0v) is 19.2. The zero-order valence-electron chi connectivity index (χ0n) is 19.2. The van der Waals surface area contributed by atoms with E-state index in [0.29, 0.717) is 42.8 Å². The Balaban J connectivity index is 1.37. The lowest BCUT2D eigenvalue weighted by atomic mass is 10.1. The third-order valence-electron chi connectivity index (χ3n) is 6.12. The molecule has 178 valence electrons. The number of rotatable bonds is 5. The Morgan fingerprint density at radius 3 is 2.43 bits per heavy atom. The summed E-state index contributed by atoms with van der Waals surface area (Å²) in [5.74, 6) is -0.310. The van der Waals surface area contributed by atoms with Crippen LogP contribution in [0.5, 0.6) is 5.75 Å². The first kappa shape index (κ1) is 22.5. The molecule has 0 atom stereocenters. The average Bonchev–Trinajstić information content (AvgIpc) is 3.27. The van der Waals surface area contributed by atoms with Crippen molar-refractivity contribution in [1.82, 2.24) is 4.90 Å². The summed E-state index contributed by atoms with van der Waals surface area (Å²) in [6.45, 7) is 2.30. The van der Waals surface area contributed by atoms with Gasteiger partial charge in [-0.05, 0) is 48.5 Å². The van der Waals surface area contributed by atoms with Gasteiger partial charge in [0, 0.05) is 48.9 Å². The molecular formula is C27H24FN3O4. The molecule has 4 aromatic rings. The predicted molar refractivity (Wildman–Crippen MR) is 132 cm³/mol. The molecule has 0 spiro atoms. The molecule has 1 aliphatic rings. The van der Waals surface area contributed by atoms with Gasteiger partial charge in [-0.15, -0.1) is 0 Å². The second-order valence-corrected chi connectivity index (χ2v) is 8.24. The summed E-state index contributed by atoms with van der Waals surface area (Å²) < 4.78 is 24.5. The molecule has 1 aliphatic heterocycles. The normalized spacial score (nSPS) is 13.7. The van der Waals surface area contributed by atoms with Crippen molar-refractivity contribution in [1.29, 1.82) is 0 Å². The summed E-state index contributed by atoms with van der Waals surface area (Å²) in [5, 5.41) is 3.44. The standard InChI is InChI=1S/C27H24FN3O4/c1-34-21-6-4-5-20(17-21)30-13-15-31(16-14-30)27(33)25-24(22-7-2-3-8-23(22)35-25)29-26(32)18-9-11-19(28)12-10-18/h2-12,17H,13-16H2,1H3,(H,29,32). The van der Waals surface area contributed by atoms with Crippen molar-refractivity contribution >= 4 is 34.2 Å². The molecule has 1 saturated heterocycles. The third kappa shape index (κ3) is 4.55. The average molecular weight is 474 g/mol. The van der Waals surface area contributed by atoms with Crippen molar-refractivity contribution in [3.8, 4) is 5.75 Å². The van der Waals surface area contributed by atoms with Gasteiger partial charge in [0.05, 0.1) is 7.11 Å². The van der Waals surface area contributed by atoms with Crippen LogP contribution in [-0.4, -0.2) is 50.0 Å². The second kappa shape index (κ2) is 9.50. The quantitative estimate of drug-likeness (QED) is 0.451. The van der Waals surface area contributed by atoms with E-state index in [1.165, 1.54) is 24.3 Å². The number of halogens is 1. The van der Waals surface area contributed by atoms with Gasteiger partial charge < -0.3 is 24.3 Å². The largest absolute Gasteiger partial charge is 0.497 e. The van der Waals surface area contributed by atoms with Gasteiger partial charge in [-0.25, -0.2) is 4.39 Å². The fourth-order valence-corrected chi connectivity index (χ4v) is 4.23. The minimum Gasteiger partial charge on any atom is -0.497 e. The maximum atomic E-state index is 13.5. The van der Waals surface area contributed by atoms with Gasteiger partial charge in [0.2, 0.25) is 5.76 Å². The van der Waals surface area contributed by atoms with Crippen molar-refractivity contribution in [3.63, 3.8) is 0 Å². The number of hydrogen-bond acceptors (Lipinski definition) is 5. The first-order valence-electron chi connectivity index (χ1n) is 11.3. The molecule has 0 radical (unpaired) electrons. The van der Waals surface area contributed by atoms with E-state index >= 15 is 0 Å². The number of piperazine rings is 1. The maximum Gasteiger partial charge on any atom is 0.291 e. The number of para-hydroxylation sites is 1. The van der Waals surface area contributed by atoms with Crippen LogP contribution in [0.3, 0.4) is 0 Å². The Bertz CT molecular complexity index is 1370. The van der Waals surface area contributed by atoms with Gasteiger partial charge in [-0.3, -0.25) is 9.59 Å². The van der Waals surface area contributed by atoms with E-state index < -0.39 is 11.7 Å². The van der Waals surface area contributed by atoms with E-state index in [4.69, 9.17) is 9.15 Å². The van der Waals surface area contributed by atoms with Crippen LogP contribution in [-0.2, 0) is 0 Å². The Morgan fingerprint density at radius 1 is 0.943 bits per heavy atom. The molecule has 7 nitrogen and oxygen atoms in total. The van der Waals surface area contributed by atoms with E-state index in [1.54, 1.807) is 30.2 Å². The van der Waals surface area contributed by atoms with E-state index in [1.807, 2.05) is 30.3 Å². The van der Waals surface area contributed by atoms with Gasteiger partial charge in [0.25, 0.3) is 11.8 Å². The summed E-state index contributed by atoms with van der Waals surface area (Å²) in [6, 6.07) is 20.2. The summed E-state index contributed by atoms with van der Waals surface area (Å²) in [4.78, 5) is 30.3. The Kier molecular flexibility index (Phi) is 6.10. The number of fused-ring (bicyclic) bond motifs is 1. The summed E-state index contributed by atoms with van der Waals surface area (Å²) in [5.41, 5.74) is 2.13. The van der Waals surface area contributed by atoms with Crippen LogP contribution in [0.15, 0.2) is 77.2 Å². The van der Waals surface area contributed by atoms with Gasteiger partial charge in [0.1, 0.15) is 22.8 Å². The minimum absolute atomic E-state index is 0.0801. The zero-order chi connectivity index (χ0) is 24.4. The van der Waals surface area contributed by atoms with Crippen molar-refractivity contribution in [2.45, 2.75) is 0 Å². The highest BCUT2D eigenvalue weighted by atomic mass is 19.1. The van der Waals surface area contributed by atoms with Crippen molar-refractivity contribution in [2.24, 2.45) is 0 Å². The van der Waals surface area contributed by atoms with Crippen LogP contribution in [0.25, 0.3) is 11.0 Å². The summed E-state index contributed by atoms with van der Waals surface area (Å²) in [6.07, 6.45) is 0. The molecule has 2 amide bonds. The molecule has 1 fully saturated rings. The van der Waals surface area contributed by atoms with E-state index in [-0.39, 0.29) is 17.2 Å². The molecule has 1 N–H and O–H groups in total. The number of furan rings is 1. The number of carbonyl (C=O) groups excluding carboxylic acids is 2. The van der Waals surface area contributed by atoms with E-state index in [2.05, 4.69) is 10.2 Å². The molecule has 0 aliphatic carbocycles. The number of methoxy groups -OCH3 is 1. The van der Waals surface area contributed by atoms with Crippen LogP contribution < -0.4 is 15.0 Å². The summed E-state index contributed by atoms with van der Waals surface area (Å²) >= 11 is 0. The fourth-order valence-electron chi connectivity index (χ4n) is 4.23. The van der Waals surface area contributed by atoms with Gasteiger partial charge in [-0.1, -0.05) is 18.2 Å². The van der Waals surface area contributed by atoms with Crippen LogP contribution in [0.4, 0.5) is 15.8 Å². The van der Waals surface area contributed by atoms with E-state index in [0.717, 1.165) is 11.4 Å². The molecule has 5 rings (SSSR count). The number of carbonyl (C=O) groups is 2. The van der Waals surface area contributed by atoms with Crippen molar-refractivity contribution in [3.05, 3.63) is 89.9 Å². The number of amides is 2. The first-order chi connectivity index (χ1) is 17.0. The van der Waals surface area contributed by atoms with E-state index in [9.17, 15) is 14.0 Å². The van der Waals surface area contributed by atoms with Crippen LogP contribution >= 0.6 is 0 Å². The van der Waals surface area contributed by atoms with Crippen LogP contribution in [0, 0.1) is 5.82 Å².